The van der Waals surface area contributed by atoms with Gasteiger partial charge in [-0.05, 0) is 35.6 Å². The SMILES string of the molecule is C#CCCN(CC)C(=O)C(CCC(=O)O)NC(=O)OCC1c2ccccc2-c2ccccc21. The number of nitrogens with one attached hydrogen (secondary N) is 1. The van der Waals surface area contributed by atoms with Crippen LogP contribution in [0.15, 0.2) is 48.5 Å². The summed E-state index contributed by atoms with van der Waals surface area (Å²) in [7, 11) is 0. The van der Waals surface area contributed by atoms with Crippen molar-refractivity contribution in [3.05, 3.63) is 59.7 Å². The molecule has 2 aromatic rings. The fourth-order valence-corrected chi connectivity index (χ4v) is 4.15. The number of carboxylic acid groups (broad SMARTS) is 1. The van der Waals surface area contributed by atoms with E-state index >= 15 is 0 Å². The van der Waals surface area contributed by atoms with Gasteiger partial charge >= 0.3 is 12.1 Å². The van der Waals surface area contributed by atoms with Crippen LogP contribution in [0.3, 0.4) is 0 Å². The average Bonchev–Trinajstić information content (AvgIpc) is 3.14. The van der Waals surface area contributed by atoms with E-state index in [9.17, 15) is 14.4 Å². The smallest absolute Gasteiger partial charge is 0.407 e. The molecule has 0 bridgehead atoms. The van der Waals surface area contributed by atoms with Crippen LogP contribution in [0.5, 0.6) is 0 Å². The first-order chi connectivity index (χ1) is 16.0. The van der Waals surface area contributed by atoms with Gasteiger partial charge in [0, 0.05) is 31.8 Å². The number of terminal acetylenes is 1. The molecule has 2 N–H and O–H groups in total. The number of ether oxygens (including phenoxy) is 1. The average molecular weight is 449 g/mol. The number of carboxylic acids is 1. The van der Waals surface area contributed by atoms with Crippen LogP contribution >= 0.6 is 0 Å². The second kappa shape index (κ2) is 11.2. The fraction of sp³-hybridized carbons (Fsp3) is 0.346. The third-order valence-corrected chi connectivity index (χ3v) is 5.80. The van der Waals surface area contributed by atoms with E-state index in [0.29, 0.717) is 19.5 Å². The summed E-state index contributed by atoms with van der Waals surface area (Å²) in [5.74, 6) is 0.953. The van der Waals surface area contributed by atoms with E-state index in [2.05, 4.69) is 11.2 Å². The molecule has 0 radical (unpaired) electrons. The van der Waals surface area contributed by atoms with Gasteiger partial charge in [-0.1, -0.05) is 48.5 Å². The van der Waals surface area contributed by atoms with Crippen molar-refractivity contribution in [3.8, 4) is 23.5 Å². The van der Waals surface area contributed by atoms with Crippen LogP contribution in [0.1, 0.15) is 43.2 Å². The number of hydrogen-bond donors (Lipinski definition) is 2. The maximum Gasteiger partial charge on any atom is 0.407 e. The number of alkyl carbamates (subject to hydrolysis) is 1. The Balaban J connectivity index is 1.68. The van der Waals surface area contributed by atoms with Crippen LogP contribution in [-0.4, -0.2) is 53.7 Å². The Bertz CT molecular complexity index is 1010. The molecule has 1 atom stereocenters. The molecule has 7 heteroatoms. The normalized spacial score (nSPS) is 12.7. The lowest BCUT2D eigenvalue weighted by atomic mass is 9.98. The highest BCUT2D eigenvalue weighted by molar-refractivity contribution is 5.86. The molecule has 0 aliphatic heterocycles. The van der Waals surface area contributed by atoms with Crippen molar-refractivity contribution >= 4 is 18.0 Å². The molecular formula is C26H28N2O5. The molecule has 2 amide bonds. The van der Waals surface area contributed by atoms with Gasteiger partial charge in [0.05, 0.1) is 0 Å². The summed E-state index contributed by atoms with van der Waals surface area (Å²) in [6.45, 7) is 2.64. The van der Waals surface area contributed by atoms with Crippen molar-refractivity contribution in [2.45, 2.75) is 38.1 Å². The quantitative estimate of drug-likeness (QED) is 0.541. The molecule has 0 spiro atoms. The predicted octanol–water partition coefficient (Wildman–Crippen LogP) is 3.63. The zero-order valence-corrected chi connectivity index (χ0v) is 18.6. The number of carbonyl (C=O) groups is 3. The zero-order valence-electron chi connectivity index (χ0n) is 18.6. The van der Waals surface area contributed by atoms with Crippen LogP contribution in [-0.2, 0) is 14.3 Å². The molecule has 0 aromatic heterocycles. The topological polar surface area (TPSA) is 95.9 Å². The number of amides is 2. The lowest BCUT2D eigenvalue weighted by Crippen LogP contribution is -2.49. The van der Waals surface area contributed by atoms with E-state index in [0.717, 1.165) is 22.3 Å². The molecule has 172 valence electrons. The summed E-state index contributed by atoms with van der Waals surface area (Å²) < 4.78 is 5.52. The van der Waals surface area contributed by atoms with Crippen LogP contribution < -0.4 is 5.32 Å². The van der Waals surface area contributed by atoms with Crippen LogP contribution in [0.4, 0.5) is 4.79 Å². The number of likely N-dealkylation sites (N-methyl/N-ethyl adjacent to an activating group) is 1. The van der Waals surface area contributed by atoms with Crippen molar-refractivity contribution in [2.24, 2.45) is 0 Å². The highest BCUT2D eigenvalue weighted by atomic mass is 16.5. The van der Waals surface area contributed by atoms with Crippen LogP contribution in [0, 0.1) is 12.3 Å². The second-order valence-corrected chi connectivity index (χ2v) is 7.83. The first-order valence-electron chi connectivity index (χ1n) is 11.0. The van der Waals surface area contributed by atoms with E-state index in [1.807, 2.05) is 48.5 Å². The van der Waals surface area contributed by atoms with Gasteiger partial charge in [-0.15, -0.1) is 12.3 Å². The fourth-order valence-electron chi connectivity index (χ4n) is 4.15. The Morgan fingerprint density at radius 2 is 1.73 bits per heavy atom. The maximum atomic E-state index is 12.9. The largest absolute Gasteiger partial charge is 0.481 e. The first-order valence-corrected chi connectivity index (χ1v) is 11.0. The second-order valence-electron chi connectivity index (χ2n) is 7.83. The zero-order chi connectivity index (χ0) is 23.8. The molecule has 0 fully saturated rings. The van der Waals surface area contributed by atoms with Gasteiger partial charge in [0.2, 0.25) is 5.91 Å². The molecule has 2 aromatic carbocycles. The minimum absolute atomic E-state index is 0.0368. The Kier molecular flexibility index (Phi) is 8.09. The molecular weight excluding hydrogens is 420 g/mol. The molecule has 33 heavy (non-hydrogen) atoms. The number of benzene rings is 2. The van der Waals surface area contributed by atoms with Gasteiger partial charge in [0.25, 0.3) is 0 Å². The highest BCUT2D eigenvalue weighted by Crippen LogP contribution is 2.44. The van der Waals surface area contributed by atoms with E-state index in [-0.39, 0.29) is 31.3 Å². The van der Waals surface area contributed by atoms with Gasteiger partial charge in [-0.25, -0.2) is 4.79 Å². The van der Waals surface area contributed by atoms with Crippen molar-refractivity contribution in [2.75, 3.05) is 19.7 Å². The van der Waals surface area contributed by atoms with E-state index in [1.54, 1.807) is 6.92 Å². The Hall–Kier alpha value is -3.79. The molecule has 1 aliphatic rings. The van der Waals surface area contributed by atoms with Crippen molar-refractivity contribution in [1.29, 1.82) is 0 Å². The number of nitrogens with zero attached hydrogens (tertiary/aromatic N) is 1. The summed E-state index contributed by atoms with van der Waals surface area (Å²) >= 11 is 0. The Morgan fingerprint density at radius 3 is 2.27 bits per heavy atom. The van der Waals surface area contributed by atoms with Gasteiger partial charge in [-0.3, -0.25) is 9.59 Å². The summed E-state index contributed by atoms with van der Waals surface area (Å²) in [6, 6.07) is 15.0. The van der Waals surface area contributed by atoms with Crippen molar-refractivity contribution < 1.29 is 24.2 Å². The molecule has 3 rings (SSSR count). The van der Waals surface area contributed by atoms with Gasteiger partial charge in [-0.2, -0.15) is 0 Å². The molecule has 1 aliphatic carbocycles. The number of carbonyl (C=O) groups excluding carboxylic acids is 2. The number of aliphatic carboxylic acids is 1. The molecule has 1 unspecified atom stereocenters. The summed E-state index contributed by atoms with van der Waals surface area (Å²) in [6.07, 6.45) is 4.62. The standard InChI is InChI=1S/C26H28N2O5/c1-3-5-16-28(4-2)25(31)23(14-15-24(29)30)27-26(32)33-17-22-20-12-8-6-10-18(20)19-11-7-9-13-21(19)22/h1,6-13,22-23H,4-5,14-17H2,2H3,(H,27,32)(H,29,30). The van der Waals surface area contributed by atoms with Crippen LogP contribution in [0.2, 0.25) is 0 Å². The third-order valence-electron chi connectivity index (χ3n) is 5.80. The van der Waals surface area contributed by atoms with Crippen molar-refractivity contribution in [3.63, 3.8) is 0 Å². The first kappa shape index (κ1) is 23.9. The van der Waals surface area contributed by atoms with Crippen LogP contribution in [0.25, 0.3) is 11.1 Å². The van der Waals surface area contributed by atoms with Gasteiger partial charge < -0.3 is 20.1 Å². The predicted molar refractivity (Wildman–Crippen MR) is 125 cm³/mol. The minimum Gasteiger partial charge on any atom is -0.481 e. The number of hydrogen-bond acceptors (Lipinski definition) is 4. The van der Waals surface area contributed by atoms with E-state index in [1.165, 1.54) is 4.90 Å². The summed E-state index contributed by atoms with van der Waals surface area (Å²) in [5, 5.41) is 11.6. The van der Waals surface area contributed by atoms with Gasteiger partial charge in [0.1, 0.15) is 12.6 Å². The lowest BCUT2D eigenvalue weighted by molar-refractivity contribution is -0.138. The Morgan fingerprint density at radius 1 is 1.12 bits per heavy atom. The minimum atomic E-state index is -1.05. The summed E-state index contributed by atoms with van der Waals surface area (Å²) in [4.78, 5) is 38.1. The molecule has 0 heterocycles. The monoisotopic (exact) mass is 448 g/mol. The lowest BCUT2D eigenvalue weighted by Gasteiger charge is -2.26. The third kappa shape index (κ3) is 5.72. The molecule has 7 nitrogen and oxygen atoms in total. The molecule has 0 saturated heterocycles. The maximum absolute atomic E-state index is 12.9. The number of fused-ring (bicyclic) bond motifs is 3. The van der Waals surface area contributed by atoms with E-state index in [4.69, 9.17) is 16.3 Å². The Labute approximate surface area is 193 Å². The van der Waals surface area contributed by atoms with Crippen molar-refractivity contribution in [1.82, 2.24) is 10.2 Å². The van der Waals surface area contributed by atoms with Gasteiger partial charge in [0.15, 0.2) is 0 Å². The highest BCUT2D eigenvalue weighted by Gasteiger charge is 2.30. The number of rotatable bonds is 10. The molecule has 0 saturated carbocycles. The summed E-state index contributed by atoms with van der Waals surface area (Å²) in [5.41, 5.74) is 4.39. The van der Waals surface area contributed by atoms with E-state index < -0.39 is 18.1 Å².